The van der Waals surface area contributed by atoms with Crippen molar-refractivity contribution in [3.05, 3.63) is 76.9 Å². The number of aromatic nitrogens is 2. The molecule has 2 amide bonds. The Morgan fingerprint density at radius 2 is 1.73 bits per heavy atom. The molecule has 0 spiro atoms. The Morgan fingerprint density at radius 1 is 1.05 bits per heavy atom. The SMILES string of the molecule is CS(=O)(=O)C(N)c1ccc(NC(=O)NCc2cc(C(F)(F)F)nn2-c2cccc(C(F)(F)F)c2)cc1F. The van der Waals surface area contributed by atoms with Gasteiger partial charge in [-0.1, -0.05) is 12.1 Å². The molecule has 1 heterocycles. The molecule has 0 aliphatic carbocycles. The van der Waals surface area contributed by atoms with E-state index in [-0.39, 0.29) is 22.6 Å². The van der Waals surface area contributed by atoms with E-state index in [1.807, 2.05) is 0 Å². The molecule has 0 fully saturated rings. The summed E-state index contributed by atoms with van der Waals surface area (Å²) in [5, 5.41) is 6.10. The molecule has 0 aliphatic rings. The van der Waals surface area contributed by atoms with Gasteiger partial charge in [0, 0.05) is 17.5 Å². The third-order valence-corrected chi connectivity index (χ3v) is 6.12. The van der Waals surface area contributed by atoms with Gasteiger partial charge in [0.05, 0.1) is 23.5 Å². The number of urea groups is 1. The van der Waals surface area contributed by atoms with Gasteiger partial charge in [-0.15, -0.1) is 0 Å². The van der Waals surface area contributed by atoms with Gasteiger partial charge in [-0.2, -0.15) is 31.4 Å². The lowest BCUT2D eigenvalue weighted by Gasteiger charge is -2.13. The van der Waals surface area contributed by atoms with E-state index in [0.717, 1.165) is 42.7 Å². The van der Waals surface area contributed by atoms with E-state index in [1.54, 1.807) is 0 Å². The van der Waals surface area contributed by atoms with Crippen molar-refractivity contribution in [2.75, 3.05) is 11.6 Å². The van der Waals surface area contributed by atoms with E-state index in [2.05, 4.69) is 15.7 Å². The number of amides is 2. The topological polar surface area (TPSA) is 119 Å². The molecule has 3 rings (SSSR count). The molecule has 4 N–H and O–H groups in total. The molecule has 37 heavy (non-hydrogen) atoms. The van der Waals surface area contributed by atoms with Gasteiger partial charge in [-0.05, 0) is 36.4 Å². The predicted octanol–water partition coefficient (Wildman–Crippen LogP) is 4.37. The van der Waals surface area contributed by atoms with Crippen molar-refractivity contribution in [2.45, 2.75) is 24.3 Å². The molecule has 0 bridgehead atoms. The maximum Gasteiger partial charge on any atom is 0.435 e. The number of nitrogens with two attached hydrogens (primary N) is 1. The van der Waals surface area contributed by atoms with Crippen molar-refractivity contribution >= 4 is 21.6 Å². The predicted molar refractivity (Wildman–Crippen MR) is 118 cm³/mol. The highest BCUT2D eigenvalue weighted by atomic mass is 32.2. The van der Waals surface area contributed by atoms with E-state index in [9.17, 15) is 43.9 Å². The van der Waals surface area contributed by atoms with Crippen molar-refractivity contribution in [1.82, 2.24) is 15.1 Å². The van der Waals surface area contributed by atoms with Crippen LogP contribution >= 0.6 is 0 Å². The van der Waals surface area contributed by atoms with Gasteiger partial charge in [0.2, 0.25) is 0 Å². The summed E-state index contributed by atoms with van der Waals surface area (Å²) in [6.07, 6.45) is -8.87. The zero-order valence-corrected chi connectivity index (χ0v) is 19.5. The molecule has 1 atom stereocenters. The van der Waals surface area contributed by atoms with E-state index >= 15 is 0 Å². The lowest BCUT2D eigenvalue weighted by Crippen LogP contribution is -2.29. The quantitative estimate of drug-likeness (QED) is 0.392. The van der Waals surface area contributed by atoms with E-state index < -0.39 is 57.2 Å². The van der Waals surface area contributed by atoms with E-state index in [0.29, 0.717) is 16.8 Å². The Labute approximate surface area is 205 Å². The number of hydrogen-bond donors (Lipinski definition) is 3. The first-order valence-corrected chi connectivity index (χ1v) is 12.0. The lowest BCUT2D eigenvalue weighted by molar-refractivity contribution is -0.141. The second-order valence-corrected chi connectivity index (χ2v) is 9.94. The minimum absolute atomic E-state index is 0.137. The van der Waals surface area contributed by atoms with E-state index in [1.165, 1.54) is 0 Å². The highest BCUT2D eigenvalue weighted by Gasteiger charge is 2.36. The van der Waals surface area contributed by atoms with Crippen LogP contribution in [0.4, 0.5) is 41.2 Å². The smallest absolute Gasteiger partial charge is 0.332 e. The largest absolute Gasteiger partial charge is 0.435 e. The van der Waals surface area contributed by atoms with Crippen LogP contribution in [-0.2, 0) is 28.7 Å². The third-order valence-electron chi connectivity index (χ3n) is 4.95. The Hall–Kier alpha value is -3.66. The van der Waals surface area contributed by atoms with Crippen molar-refractivity contribution in [3.63, 3.8) is 0 Å². The highest BCUT2D eigenvalue weighted by Crippen LogP contribution is 2.32. The maximum atomic E-state index is 14.3. The summed E-state index contributed by atoms with van der Waals surface area (Å²) in [7, 11) is -3.81. The molecule has 0 saturated heterocycles. The molecule has 8 nitrogen and oxygen atoms in total. The lowest BCUT2D eigenvalue weighted by atomic mass is 10.2. The molecule has 2 aromatic carbocycles. The summed E-state index contributed by atoms with van der Waals surface area (Å²) in [6, 6.07) is 5.95. The summed E-state index contributed by atoms with van der Waals surface area (Å²) in [4.78, 5) is 12.2. The van der Waals surface area contributed by atoms with Crippen LogP contribution < -0.4 is 16.4 Å². The van der Waals surface area contributed by atoms with Crippen molar-refractivity contribution in [1.29, 1.82) is 0 Å². The van der Waals surface area contributed by atoms with Crippen molar-refractivity contribution < 1.29 is 43.9 Å². The van der Waals surface area contributed by atoms with Crippen LogP contribution in [0.15, 0.2) is 48.5 Å². The molecule has 0 radical (unpaired) electrons. The molecule has 1 unspecified atom stereocenters. The fourth-order valence-electron chi connectivity index (χ4n) is 3.13. The summed E-state index contributed by atoms with van der Waals surface area (Å²) in [5.41, 5.74) is 1.85. The molecular weight excluding hydrogens is 535 g/mol. The van der Waals surface area contributed by atoms with E-state index in [4.69, 9.17) is 5.73 Å². The molecule has 16 heteroatoms. The van der Waals surface area contributed by atoms with Gasteiger partial charge in [-0.3, -0.25) is 0 Å². The second kappa shape index (κ2) is 10.0. The second-order valence-electron chi connectivity index (χ2n) is 7.77. The van der Waals surface area contributed by atoms with Crippen molar-refractivity contribution in [2.24, 2.45) is 5.73 Å². The normalized spacial score (nSPS) is 13.3. The highest BCUT2D eigenvalue weighted by molar-refractivity contribution is 7.90. The number of halogens is 7. The van der Waals surface area contributed by atoms with Gasteiger partial charge in [0.1, 0.15) is 11.2 Å². The molecule has 1 aromatic heterocycles. The zero-order valence-electron chi connectivity index (χ0n) is 18.7. The van der Waals surface area contributed by atoms with Crippen LogP contribution in [0.2, 0.25) is 0 Å². The standard InChI is InChI=1S/C21H18F7N5O3S/c1-37(35,36)18(29)15-6-5-12(8-16(15)22)31-19(34)30-10-14-9-17(21(26,27)28)32-33(14)13-4-2-3-11(7-13)20(23,24)25/h2-9,18H,10,29H2,1H3,(H2,30,31,34). The molecular formula is C21H18F7N5O3S. The number of alkyl halides is 6. The maximum absolute atomic E-state index is 14.3. The van der Waals surface area contributed by atoms with Crippen LogP contribution in [0, 0.1) is 5.82 Å². The Bertz CT molecular complexity index is 1420. The fraction of sp³-hybridized carbons (Fsp3) is 0.238. The number of carbonyl (C=O) groups is 1. The summed E-state index contributed by atoms with van der Waals surface area (Å²) in [6.45, 7) is -0.606. The van der Waals surface area contributed by atoms with Gasteiger partial charge >= 0.3 is 18.4 Å². The number of sulfone groups is 1. The van der Waals surface area contributed by atoms with Crippen LogP contribution in [-0.4, -0.2) is 30.5 Å². The number of carbonyl (C=O) groups excluding carboxylic acids is 1. The Morgan fingerprint density at radius 3 is 2.30 bits per heavy atom. The van der Waals surface area contributed by atoms with Gasteiger partial charge in [0.15, 0.2) is 15.5 Å². The van der Waals surface area contributed by atoms with Gasteiger partial charge < -0.3 is 16.4 Å². The van der Waals surface area contributed by atoms with Gasteiger partial charge in [-0.25, -0.2) is 22.3 Å². The number of nitrogens with one attached hydrogen (secondary N) is 2. The zero-order chi connectivity index (χ0) is 27.8. The molecule has 0 saturated carbocycles. The van der Waals surface area contributed by atoms with Crippen molar-refractivity contribution in [3.8, 4) is 5.69 Å². The van der Waals surface area contributed by atoms with Crippen LogP contribution in [0.3, 0.4) is 0 Å². The number of rotatable bonds is 6. The monoisotopic (exact) mass is 553 g/mol. The minimum atomic E-state index is -4.92. The first-order valence-electron chi connectivity index (χ1n) is 10.1. The third kappa shape index (κ3) is 6.76. The summed E-state index contributed by atoms with van der Waals surface area (Å²) in [5.74, 6) is -1.03. The first kappa shape index (κ1) is 27.9. The van der Waals surface area contributed by atoms with Crippen LogP contribution in [0.25, 0.3) is 5.69 Å². The average Bonchev–Trinajstić information content (AvgIpc) is 3.21. The first-order chi connectivity index (χ1) is 17.0. The van der Waals surface area contributed by atoms with Gasteiger partial charge in [0.25, 0.3) is 0 Å². The minimum Gasteiger partial charge on any atom is -0.332 e. The molecule has 200 valence electrons. The number of anilines is 1. The average molecular weight is 553 g/mol. The number of nitrogens with zero attached hydrogens (tertiary/aromatic N) is 2. The Balaban J connectivity index is 1.81. The summed E-state index contributed by atoms with van der Waals surface area (Å²) < 4.78 is 117. The fourth-order valence-corrected chi connectivity index (χ4v) is 3.79. The molecule has 0 aliphatic heterocycles. The number of benzene rings is 2. The Kier molecular flexibility index (Phi) is 7.55. The molecule has 3 aromatic rings. The van der Waals surface area contributed by atoms with Crippen LogP contribution in [0.5, 0.6) is 0 Å². The summed E-state index contributed by atoms with van der Waals surface area (Å²) >= 11 is 0. The number of hydrogen-bond acceptors (Lipinski definition) is 5. The van der Waals surface area contributed by atoms with Crippen LogP contribution in [0.1, 0.15) is 27.9 Å².